The Bertz CT molecular complexity index is 385. The van der Waals surface area contributed by atoms with E-state index in [0.717, 1.165) is 18.7 Å². The summed E-state index contributed by atoms with van der Waals surface area (Å²) in [4.78, 5) is 4.38. The average Bonchev–Trinajstić information content (AvgIpc) is 2.62. The molecule has 4 nitrogen and oxygen atoms in total. The number of aliphatic hydroxyl groups excluding tert-OH is 1. The number of rotatable bonds is 5. The second-order valence-electron chi connectivity index (χ2n) is 6.28. The minimum absolute atomic E-state index is 0.317. The van der Waals surface area contributed by atoms with Gasteiger partial charge in [-0.1, -0.05) is 32.9 Å². The van der Waals surface area contributed by atoms with Gasteiger partial charge in [-0.25, -0.2) is 0 Å². The van der Waals surface area contributed by atoms with Crippen LogP contribution in [-0.4, -0.2) is 21.4 Å². The number of hydrogen-bond donors (Lipinski definition) is 1. The molecule has 0 saturated heterocycles. The van der Waals surface area contributed by atoms with E-state index in [1.165, 1.54) is 0 Å². The van der Waals surface area contributed by atoms with Gasteiger partial charge in [0.1, 0.15) is 0 Å². The first-order valence-corrected chi connectivity index (χ1v) is 6.39. The van der Waals surface area contributed by atoms with Crippen molar-refractivity contribution in [3.63, 3.8) is 0 Å². The van der Waals surface area contributed by atoms with Crippen molar-refractivity contribution in [2.75, 3.05) is 0 Å². The monoisotopic (exact) mass is 238 g/mol. The maximum absolute atomic E-state index is 9.81. The van der Waals surface area contributed by atoms with E-state index in [1.54, 1.807) is 0 Å². The molecule has 0 aromatic carbocycles. The normalized spacial score (nSPS) is 24.0. The van der Waals surface area contributed by atoms with Gasteiger partial charge >= 0.3 is 0 Å². The van der Waals surface area contributed by atoms with Crippen molar-refractivity contribution in [3.05, 3.63) is 11.7 Å². The van der Waals surface area contributed by atoms with E-state index in [1.807, 2.05) is 0 Å². The highest BCUT2D eigenvalue weighted by Gasteiger charge is 2.49. The molecular weight excluding hydrogens is 216 g/mol. The molecule has 2 atom stereocenters. The van der Waals surface area contributed by atoms with E-state index in [9.17, 15) is 5.11 Å². The average molecular weight is 238 g/mol. The fourth-order valence-corrected chi connectivity index (χ4v) is 2.23. The standard InChI is InChI=1S/C13H22N2O2/c1-8(2)5-9(16)6-11-14-12(15-17-11)10-7-13(10,3)4/h8-10,16H,5-7H2,1-4H3. The minimum atomic E-state index is -0.379. The molecule has 1 aliphatic rings. The lowest BCUT2D eigenvalue weighted by Gasteiger charge is -2.09. The van der Waals surface area contributed by atoms with E-state index in [4.69, 9.17) is 4.52 Å². The molecule has 4 heteroatoms. The smallest absolute Gasteiger partial charge is 0.229 e. The van der Waals surface area contributed by atoms with E-state index in [0.29, 0.717) is 29.6 Å². The number of aromatic nitrogens is 2. The van der Waals surface area contributed by atoms with Crippen LogP contribution in [0.3, 0.4) is 0 Å². The number of hydrogen-bond acceptors (Lipinski definition) is 4. The van der Waals surface area contributed by atoms with Gasteiger partial charge in [0.25, 0.3) is 0 Å². The van der Waals surface area contributed by atoms with Crippen LogP contribution in [0.2, 0.25) is 0 Å². The van der Waals surface area contributed by atoms with Crippen LogP contribution in [0, 0.1) is 11.3 Å². The van der Waals surface area contributed by atoms with E-state index >= 15 is 0 Å². The van der Waals surface area contributed by atoms with Gasteiger partial charge in [0, 0.05) is 5.92 Å². The number of aliphatic hydroxyl groups is 1. The van der Waals surface area contributed by atoms with Crippen molar-refractivity contribution < 1.29 is 9.63 Å². The van der Waals surface area contributed by atoms with Crippen molar-refractivity contribution in [3.8, 4) is 0 Å². The summed E-state index contributed by atoms with van der Waals surface area (Å²) in [6.45, 7) is 8.60. The maximum Gasteiger partial charge on any atom is 0.229 e. The summed E-state index contributed by atoms with van der Waals surface area (Å²) in [5, 5.41) is 13.8. The Balaban J connectivity index is 1.91. The van der Waals surface area contributed by atoms with Gasteiger partial charge in [-0.05, 0) is 24.2 Å². The van der Waals surface area contributed by atoms with Crippen LogP contribution in [-0.2, 0) is 6.42 Å². The largest absolute Gasteiger partial charge is 0.393 e. The van der Waals surface area contributed by atoms with Gasteiger partial charge in [-0.15, -0.1) is 0 Å². The minimum Gasteiger partial charge on any atom is -0.393 e. The summed E-state index contributed by atoms with van der Waals surface area (Å²) in [7, 11) is 0. The van der Waals surface area contributed by atoms with Crippen molar-refractivity contribution in [2.45, 2.75) is 59.0 Å². The Labute approximate surface area is 102 Å². The lowest BCUT2D eigenvalue weighted by Crippen LogP contribution is -2.13. The molecule has 1 N–H and O–H groups in total. The van der Waals surface area contributed by atoms with Crippen molar-refractivity contribution in [1.82, 2.24) is 10.1 Å². The highest BCUT2D eigenvalue weighted by molar-refractivity contribution is 5.14. The van der Waals surface area contributed by atoms with Crippen molar-refractivity contribution in [2.24, 2.45) is 11.3 Å². The van der Waals surface area contributed by atoms with Gasteiger partial charge in [-0.2, -0.15) is 4.98 Å². The maximum atomic E-state index is 9.81. The Kier molecular flexibility index (Phi) is 3.25. The molecule has 0 bridgehead atoms. The molecule has 0 amide bonds. The second kappa shape index (κ2) is 4.41. The fourth-order valence-electron chi connectivity index (χ4n) is 2.23. The molecule has 2 unspecified atom stereocenters. The topological polar surface area (TPSA) is 59.2 Å². The van der Waals surface area contributed by atoms with E-state index in [2.05, 4.69) is 37.8 Å². The fraction of sp³-hybridized carbons (Fsp3) is 0.846. The third-order valence-corrected chi connectivity index (χ3v) is 3.46. The van der Waals surface area contributed by atoms with Gasteiger partial charge in [0.15, 0.2) is 5.82 Å². The first kappa shape index (κ1) is 12.6. The summed E-state index contributed by atoms with van der Waals surface area (Å²) in [6, 6.07) is 0. The van der Waals surface area contributed by atoms with Crippen LogP contribution in [0.15, 0.2) is 4.52 Å². The van der Waals surface area contributed by atoms with Crippen molar-refractivity contribution in [1.29, 1.82) is 0 Å². The molecule has 0 radical (unpaired) electrons. The first-order valence-electron chi connectivity index (χ1n) is 6.39. The highest BCUT2D eigenvalue weighted by atomic mass is 16.5. The van der Waals surface area contributed by atoms with Crippen LogP contribution in [0.1, 0.15) is 58.2 Å². The van der Waals surface area contributed by atoms with Crippen LogP contribution in [0.5, 0.6) is 0 Å². The molecule has 2 rings (SSSR count). The third kappa shape index (κ3) is 3.06. The molecule has 1 saturated carbocycles. The first-order chi connectivity index (χ1) is 7.88. The molecule has 1 fully saturated rings. The van der Waals surface area contributed by atoms with E-state index < -0.39 is 0 Å². The predicted molar refractivity (Wildman–Crippen MR) is 64.6 cm³/mol. The van der Waals surface area contributed by atoms with Gasteiger partial charge in [-0.3, -0.25) is 0 Å². The Morgan fingerprint density at radius 3 is 2.65 bits per heavy atom. The van der Waals surface area contributed by atoms with Crippen LogP contribution < -0.4 is 0 Å². The van der Waals surface area contributed by atoms with Gasteiger partial charge in [0.2, 0.25) is 5.89 Å². The quantitative estimate of drug-likeness (QED) is 0.856. The Morgan fingerprint density at radius 2 is 2.12 bits per heavy atom. The molecule has 96 valence electrons. The van der Waals surface area contributed by atoms with Crippen LogP contribution in [0.25, 0.3) is 0 Å². The molecule has 17 heavy (non-hydrogen) atoms. The lowest BCUT2D eigenvalue weighted by atomic mass is 10.0. The number of nitrogens with zero attached hydrogens (tertiary/aromatic N) is 2. The Hall–Kier alpha value is -0.900. The second-order valence-corrected chi connectivity index (χ2v) is 6.28. The molecule has 1 aromatic heterocycles. The molecule has 1 heterocycles. The Morgan fingerprint density at radius 1 is 1.47 bits per heavy atom. The zero-order valence-corrected chi connectivity index (χ0v) is 11.1. The summed E-state index contributed by atoms with van der Waals surface area (Å²) in [5.74, 6) is 2.29. The predicted octanol–water partition coefficient (Wildman–Crippen LogP) is 2.53. The van der Waals surface area contributed by atoms with Crippen molar-refractivity contribution >= 4 is 0 Å². The SMILES string of the molecule is CC(C)CC(O)Cc1nc(C2CC2(C)C)no1. The molecular formula is C13H22N2O2. The van der Waals surface area contributed by atoms with Crippen LogP contribution >= 0.6 is 0 Å². The van der Waals surface area contributed by atoms with Crippen LogP contribution in [0.4, 0.5) is 0 Å². The highest BCUT2D eigenvalue weighted by Crippen LogP contribution is 2.57. The summed E-state index contributed by atoms with van der Waals surface area (Å²) in [6.07, 6.45) is 1.99. The molecule has 1 aromatic rings. The van der Waals surface area contributed by atoms with Gasteiger partial charge in [0.05, 0.1) is 12.5 Å². The summed E-state index contributed by atoms with van der Waals surface area (Å²) < 4.78 is 5.19. The van der Waals surface area contributed by atoms with E-state index in [-0.39, 0.29) is 6.10 Å². The zero-order valence-electron chi connectivity index (χ0n) is 11.1. The summed E-state index contributed by atoms with van der Waals surface area (Å²) in [5.41, 5.74) is 0.317. The molecule has 0 spiro atoms. The third-order valence-electron chi connectivity index (χ3n) is 3.46. The lowest BCUT2D eigenvalue weighted by molar-refractivity contribution is 0.138. The molecule has 0 aliphatic heterocycles. The summed E-state index contributed by atoms with van der Waals surface area (Å²) >= 11 is 0. The zero-order chi connectivity index (χ0) is 12.6. The van der Waals surface area contributed by atoms with Gasteiger partial charge < -0.3 is 9.63 Å². The molecule has 1 aliphatic carbocycles.